The molecule has 1 aliphatic rings. The number of amides is 1. The smallest absolute Gasteiger partial charge is 0.279 e. The third kappa shape index (κ3) is 4.45. The third-order valence-electron chi connectivity index (χ3n) is 3.93. The standard InChI is InChI=1S/C18H16ClF3N2O3/c1-24(8-10-6-11(19)18-14(7-10)26-4-5-27-18)9-15(25)23-13-3-2-12(20)16(21)17(13)22/h2-3,6-7H,4-5,8-9H2,1H3,(H,23,25)/p+1. The molecule has 2 aromatic rings. The SMILES string of the molecule is C[NH+](CC(=O)Nc1ccc(F)c(F)c1F)Cc1cc(Cl)c2c(c1)OCCO2. The Morgan fingerprint density at radius 2 is 1.93 bits per heavy atom. The summed E-state index contributed by atoms with van der Waals surface area (Å²) in [6, 6.07) is 5.24. The van der Waals surface area contributed by atoms with Gasteiger partial charge in [-0.2, -0.15) is 0 Å². The number of hydrogen-bond acceptors (Lipinski definition) is 3. The van der Waals surface area contributed by atoms with Gasteiger partial charge in [-0.1, -0.05) is 11.6 Å². The summed E-state index contributed by atoms with van der Waals surface area (Å²) in [5, 5.41) is 2.66. The molecular formula is C18H17ClF3N2O3+. The van der Waals surface area contributed by atoms with Gasteiger partial charge in [-0.05, 0) is 24.3 Å². The normalized spacial score (nSPS) is 14.0. The molecule has 0 saturated heterocycles. The Labute approximate surface area is 158 Å². The fourth-order valence-electron chi connectivity index (χ4n) is 2.77. The summed E-state index contributed by atoms with van der Waals surface area (Å²) in [5.41, 5.74) is 0.419. The maximum Gasteiger partial charge on any atom is 0.279 e. The lowest BCUT2D eigenvalue weighted by Crippen LogP contribution is -3.08. The highest BCUT2D eigenvalue weighted by atomic mass is 35.5. The van der Waals surface area contributed by atoms with Gasteiger partial charge in [0, 0.05) is 5.56 Å². The fourth-order valence-corrected chi connectivity index (χ4v) is 3.06. The van der Waals surface area contributed by atoms with Crippen LogP contribution in [0, 0.1) is 17.5 Å². The molecule has 2 N–H and O–H groups in total. The van der Waals surface area contributed by atoms with Crippen molar-refractivity contribution < 1.29 is 32.3 Å². The average Bonchev–Trinajstić information content (AvgIpc) is 2.62. The first kappa shape index (κ1) is 19.3. The summed E-state index contributed by atoms with van der Waals surface area (Å²) in [5.74, 6) is -3.87. The van der Waals surface area contributed by atoms with Crippen LogP contribution in [0.3, 0.4) is 0 Å². The monoisotopic (exact) mass is 401 g/mol. The first-order valence-corrected chi connectivity index (χ1v) is 8.55. The van der Waals surface area contributed by atoms with E-state index in [-0.39, 0.29) is 6.54 Å². The van der Waals surface area contributed by atoms with Crippen LogP contribution >= 0.6 is 11.6 Å². The average molecular weight is 402 g/mol. The highest BCUT2D eigenvalue weighted by Gasteiger charge is 2.20. The molecule has 144 valence electrons. The maximum absolute atomic E-state index is 13.6. The van der Waals surface area contributed by atoms with Gasteiger partial charge in [-0.3, -0.25) is 4.79 Å². The molecule has 1 aliphatic heterocycles. The molecule has 1 heterocycles. The number of likely N-dealkylation sites (N-methyl/N-ethyl adjacent to an activating group) is 1. The van der Waals surface area contributed by atoms with Crippen molar-refractivity contribution in [3.05, 3.63) is 52.3 Å². The number of anilines is 1. The van der Waals surface area contributed by atoms with E-state index in [1.54, 1.807) is 19.2 Å². The Bertz CT molecular complexity index is 879. The van der Waals surface area contributed by atoms with Gasteiger partial charge >= 0.3 is 0 Å². The summed E-state index contributed by atoms with van der Waals surface area (Å²) in [6.45, 7) is 1.27. The summed E-state index contributed by atoms with van der Waals surface area (Å²) >= 11 is 6.19. The molecule has 27 heavy (non-hydrogen) atoms. The molecule has 5 nitrogen and oxygen atoms in total. The van der Waals surface area contributed by atoms with E-state index in [0.717, 1.165) is 22.6 Å². The molecular weight excluding hydrogens is 385 g/mol. The Balaban J connectivity index is 1.62. The van der Waals surface area contributed by atoms with Crippen LogP contribution in [0.1, 0.15) is 5.56 Å². The van der Waals surface area contributed by atoms with Crippen LogP contribution in [0.5, 0.6) is 11.5 Å². The first-order chi connectivity index (χ1) is 12.8. The topological polar surface area (TPSA) is 52.0 Å². The number of ether oxygens (including phenoxy) is 2. The number of hydrogen-bond donors (Lipinski definition) is 2. The molecule has 0 saturated carbocycles. The highest BCUT2D eigenvalue weighted by Crippen LogP contribution is 2.38. The molecule has 0 radical (unpaired) electrons. The zero-order chi connectivity index (χ0) is 19.6. The number of rotatable bonds is 5. The molecule has 0 fully saturated rings. The molecule has 1 unspecified atom stereocenters. The second kappa shape index (κ2) is 8.06. The van der Waals surface area contributed by atoms with Gasteiger partial charge in [0.15, 0.2) is 35.5 Å². The number of benzene rings is 2. The Hall–Kier alpha value is -2.45. The van der Waals surface area contributed by atoms with Crippen LogP contribution < -0.4 is 19.7 Å². The van der Waals surface area contributed by atoms with Crippen molar-refractivity contribution in [1.82, 2.24) is 0 Å². The van der Waals surface area contributed by atoms with Gasteiger partial charge in [-0.15, -0.1) is 0 Å². The second-order valence-electron chi connectivity index (χ2n) is 6.18. The molecule has 0 aliphatic carbocycles. The van der Waals surface area contributed by atoms with E-state index in [9.17, 15) is 18.0 Å². The minimum atomic E-state index is -1.63. The van der Waals surface area contributed by atoms with Gasteiger partial charge in [0.2, 0.25) is 0 Å². The zero-order valence-electron chi connectivity index (χ0n) is 14.4. The molecule has 1 amide bonds. The second-order valence-corrected chi connectivity index (χ2v) is 6.59. The molecule has 3 rings (SSSR count). The molecule has 2 aromatic carbocycles. The summed E-state index contributed by atoms with van der Waals surface area (Å²) in [4.78, 5) is 12.8. The van der Waals surface area contributed by atoms with Crippen molar-refractivity contribution in [2.45, 2.75) is 6.54 Å². The Morgan fingerprint density at radius 1 is 1.19 bits per heavy atom. The number of carbonyl (C=O) groups excluding carboxylic acids is 1. The number of fused-ring (bicyclic) bond motifs is 1. The van der Waals surface area contributed by atoms with Crippen LogP contribution in [-0.4, -0.2) is 32.7 Å². The van der Waals surface area contributed by atoms with Crippen LogP contribution in [0.2, 0.25) is 5.02 Å². The molecule has 9 heteroatoms. The fraction of sp³-hybridized carbons (Fsp3) is 0.278. The first-order valence-electron chi connectivity index (χ1n) is 8.18. The van der Waals surface area contributed by atoms with Gasteiger partial charge in [-0.25, -0.2) is 13.2 Å². The van der Waals surface area contributed by atoms with Crippen LogP contribution in [0.4, 0.5) is 18.9 Å². The van der Waals surface area contributed by atoms with E-state index in [4.69, 9.17) is 21.1 Å². The zero-order valence-corrected chi connectivity index (χ0v) is 15.1. The third-order valence-corrected chi connectivity index (χ3v) is 4.21. The van der Waals surface area contributed by atoms with Crippen molar-refractivity contribution in [3.63, 3.8) is 0 Å². The minimum absolute atomic E-state index is 0.0233. The molecule has 1 atom stereocenters. The van der Waals surface area contributed by atoms with Gasteiger partial charge in [0.1, 0.15) is 19.8 Å². The van der Waals surface area contributed by atoms with Crippen molar-refractivity contribution in [2.75, 3.05) is 32.1 Å². The van der Waals surface area contributed by atoms with Crippen molar-refractivity contribution in [1.29, 1.82) is 0 Å². The predicted molar refractivity (Wildman–Crippen MR) is 92.8 cm³/mol. The number of carbonyl (C=O) groups is 1. The minimum Gasteiger partial charge on any atom is -0.486 e. The van der Waals surface area contributed by atoms with Crippen molar-refractivity contribution in [3.8, 4) is 11.5 Å². The number of nitrogens with one attached hydrogen (secondary N) is 2. The number of quaternary nitrogens is 1. The van der Waals surface area contributed by atoms with Gasteiger partial charge in [0.05, 0.1) is 17.8 Å². The highest BCUT2D eigenvalue weighted by molar-refractivity contribution is 6.32. The van der Waals surface area contributed by atoms with Crippen LogP contribution in [0.15, 0.2) is 24.3 Å². The van der Waals surface area contributed by atoms with Crippen LogP contribution in [-0.2, 0) is 11.3 Å². The summed E-state index contributed by atoms with van der Waals surface area (Å²) in [6.07, 6.45) is 0. The summed E-state index contributed by atoms with van der Waals surface area (Å²) in [7, 11) is 1.76. The number of halogens is 4. The van der Waals surface area contributed by atoms with Gasteiger partial charge in [0.25, 0.3) is 5.91 Å². The van der Waals surface area contributed by atoms with E-state index in [1.807, 2.05) is 0 Å². The Morgan fingerprint density at radius 3 is 2.70 bits per heavy atom. The van der Waals surface area contributed by atoms with Crippen molar-refractivity contribution >= 4 is 23.2 Å². The lowest BCUT2D eigenvalue weighted by atomic mass is 10.2. The maximum atomic E-state index is 13.6. The summed E-state index contributed by atoms with van der Waals surface area (Å²) < 4.78 is 50.8. The van der Waals surface area contributed by atoms with E-state index in [1.165, 1.54) is 0 Å². The van der Waals surface area contributed by atoms with E-state index in [0.29, 0.717) is 36.3 Å². The molecule has 0 aromatic heterocycles. The largest absolute Gasteiger partial charge is 0.486 e. The molecule has 0 bridgehead atoms. The lowest BCUT2D eigenvalue weighted by Gasteiger charge is -2.21. The van der Waals surface area contributed by atoms with E-state index in [2.05, 4.69) is 5.32 Å². The van der Waals surface area contributed by atoms with Gasteiger partial charge < -0.3 is 19.7 Å². The predicted octanol–water partition coefficient (Wildman–Crippen LogP) is 2.18. The van der Waals surface area contributed by atoms with Crippen molar-refractivity contribution in [2.24, 2.45) is 0 Å². The quantitative estimate of drug-likeness (QED) is 0.755. The Kier molecular flexibility index (Phi) is 5.76. The van der Waals surface area contributed by atoms with E-state index >= 15 is 0 Å². The lowest BCUT2D eigenvalue weighted by molar-refractivity contribution is -0.885. The van der Waals surface area contributed by atoms with E-state index < -0.39 is 29.0 Å². The molecule has 0 spiro atoms. The van der Waals surface area contributed by atoms with Crippen LogP contribution in [0.25, 0.3) is 0 Å².